The van der Waals surface area contributed by atoms with Gasteiger partial charge in [-0.1, -0.05) is 0 Å². The van der Waals surface area contributed by atoms with Crippen LogP contribution in [0.5, 0.6) is 5.75 Å². The fourth-order valence-electron chi connectivity index (χ4n) is 1.62. The van der Waals surface area contributed by atoms with Crippen LogP contribution in [0.2, 0.25) is 0 Å². The highest BCUT2D eigenvalue weighted by molar-refractivity contribution is 9.10. The average Bonchev–Trinajstić information content (AvgIpc) is 2.29. The fourth-order valence-corrected chi connectivity index (χ4v) is 1.94. The van der Waals surface area contributed by atoms with E-state index in [9.17, 15) is 0 Å². The molecule has 1 atom stereocenters. The third-order valence-electron chi connectivity index (χ3n) is 2.33. The third-order valence-corrected chi connectivity index (χ3v) is 2.76. The van der Waals surface area contributed by atoms with Crippen LogP contribution in [0.25, 0.3) is 11.0 Å². The van der Waals surface area contributed by atoms with Crippen LogP contribution in [-0.4, -0.2) is 29.7 Å². The number of hydrogen-bond acceptors (Lipinski definition) is 4. The van der Waals surface area contributed by atoms with Gasteiger partial charge in [-0.25, -0.2) is 4.98 Å². The third kappa shape index (κ3) is 2.92. The van der Waals surface area contributed by atoms with Crippen LogP contribution in [0.3, 0.4) is 0 Å². The highest BCUT2D eigenvalue weighted by atomic mass is 79.9. The van der Waals surface area contributed by atoms with Gasteiger partial charge in [0.15, 0.2) is 0 Å². The summed E-state index contributed by atoms with van der Waals surface area (Å²) in [6.07, 6.45) is 3.58. The van der Waals surface area contributed by atoms with Crippen LogP contribution in [0.4, 0.5) is 0 Å². The minimum absolute atomic E-state index is 0.0936. The highest BCUT2D eigenvalue weighted by Gasteiger charge is 2.08. The molecule has 0 aromatic carbocycles. The van der Waals surface area contributed by atoms with Crippen LogP contribution >= 0.6 is 15.9 Å². The van der Waals surface area contributed by atoms with Crippen LogP contribution in [0, 0.1) is 0 Å². The summed E-state index contributed by atoms with van der Waals surface area (Å²) in [5, 5.41) is 3.08. The zero-order valence-electron chi connectivity index (χ0n) is 9.77. The van der Waals surface area contributed by atoms with Crippen molar-refractivity contribution in [3.05, 3.63) is 29.0 Å². The number of hydrogen-bond donors (Lipinski definition) is 1. The molecule has 1 N–H and O–H groups in total. The van der Waals surface area contributed by atoms with Gasteiger partial charge in [0.25, 0.3) is 0 Å². The summed E-state index contributed by atoms with van der Waals surface area (Å²) in [7, 11) is 1.90. The Hall–Kier alpha value is -1.20. The predicted octanol–water partition coefficient (Wildman–Crippen LogP) is 2.38. The van der Waals surface area contributed by atoms with Gasteiger partial charge in [-0.2, -0.15) is 0 Å². The molecule has 2 rings (SSSR count). The molecule has 0 radical (unpaired) electrons. The quantitative estimate of drug-likeness (QED) is 0.941. The summed E-state index contributed by atoms with van der Waals surface area (Å²) in [5.74, 6) is 0.769. The first kappa shape index (κ1) is 12.3. The first-order valence-electron chi connectivity index (χ1n) is 5.42. The maximum atomic E-state index is 5.83. The molecule has 0 aliphatic heterocycles. The van der Waals surface area contributed by atoms with Crippen molar-refractivity contribution in [1.82, 2.24) is 15.3 Å². The average molecular weight is 296 g/mol. The highest BCUT2D eigenvalue weighted by Crippen LogP contribution is 2.24. The van der Waals surface area contributed by atoms with E-state index in [1.807, 2.05) is 26.1 Å². The number of halogens is 1. The standard InChI is InChI=1S/C12H14BrN3O/c1-8(6-14-2)17-11-3-4-15-10-5-9(13)7-16-12(10)11/h3-5,7-8,14H,6H2,1-2H3. The lowest BCUT2D eigenvalue weighted by Crippen LogP contribution is -2.26. The molecule has 0 aliphatic carbocycles. The summed E-state index contributed by atoms with van der Waals surface area (Å²) in [6, 6.07) is 3.77. The Bertz CT molecular complexity index is 518. The number of aromatic nitrogens is 2. The number of pyridine rings is 2. The first-order valence-corrected chi connectivity index (χ1v) is 6.21. The second-order valence-electron chi connectivity index (χ2n) is 3.82. The molecule has 2 heterocycles. The predicted molar refractivity (Wildman–Crippen MR) is 71.3 cm³/mol. The molecule has 1 unspecified atom stereocenters. The van der Waals surface area contributed by atoms with Gasteiger partial charge in [0.1, 0.15) is 17.4 Å². The molecule has 2 aromatic heterocycles. The summed E-state index contributed by atoms with van der Waals surface area (Å²) in [4.78, 5) is 8.61. The molecular weight excluding hydrogens is 282 g/mol. The number of ether oxygens (including phenoxy) is 1. The van der Waals surface area contributed by atoms with Gasteiger partial charge in [-0.3, -0.25) is 4.98 Å². The van der Waals surface area contributed by atoms with Crippen LogP contribution in [0.15, 0.2) is 29.0 Å². The van der Waals surface area contributed by atoms with Crippen LogP contribution < -0.4 is 10.1 Å². The van der Waals surface area contributed by atoms with Gasteiger partial charge in [0.05, 0.1) is 5.52 Å². The maximum Gasteiger partial charge on any atom is 0.149 e. The zero-order chi connectivity index (χ0) is 12.3. The Labute approximate surface area is 109 Å². The van der Waals surface area contributed by atoms with E-state index in [1.54, 1.807) is 12.4 Å². The Balaban J connectivity index is 2.34. The van der Waals surface area contributed by atoms with Gasteiger partial charge < -0.3 is 10.1 Å². The molecule has 4 nitrogen and oxygen atoms in total. The van der Waals surface area contributed by atoms with Crippen molar-refractivity contribution in [2.75, 3.05) is 13.6 Å². The van der Waals surface area contributed by atoms with E-state index in [2.05, 4.69) is 31.2 Å². The smallest absolute Gasteiger partial charge is 0.149 e. The van der Waals surface area contributed by atoms with E-state index in [1.165, 1.54) is 0 Å². The van der Waals surface area contributed by atoms with E-state index in [0.29, 0.717) is 0 Å². The number of nitrogens with zero attached hydrogens (tertiary/aromatic N) is 2. The summed E-state index contributed by atoms with van der Waals surface area (Å²) in [5.41, 5.74) is 1.62. The monoisotopic (exact) mass is 295 g/mol. The fraction of sp³-hybridized carbons (Fsp3) is 0.333. The largest absolute Gasteiger partial charge is 0.487 e. The van der Waals surface area contributed by atoms with Crippen LogP contribution in [0.1, 0.15) is 6.92 Å². The van der Waals surface area contributed by atoms with Crippen molar-refractivity contribution in [1.29, 1.82) is 0 Å². The Morgan fingerprint density at radius 1 is 1.47 bits per heavy atom. The van der Waals surface area contributed by atoms with Gasteiger partial charge in [0, 0.05) is 29.5 Å². The molecule has 90 valence electrons. The molecule has 0 spiro atoms. The van der Waals surface area contributed by atoms with Crippen molar-refractivity contribution in [2.24, 2.45) is 0 Å². The lowest BCUT2D eigenvalue weighted by molar-refractivity contribution is 0.223. The van der Waals surface area contributed by atoms with E-state index < -0.39 is 0 Å². The first-order chi connectivity index (χ1) is 8.20. The number of fused-ring (bicyclic) bond motifs is 1. The molecule has 17 heavy (non-hydrogen) atoms. The summed E-state index contributed by atoms with van der Waals surface area (Å²) >= 11 is 3.38. The molecule has 0 amide bonds. The van der Waals surface area contributed by atoms with Gasteiger partial charge in [0.2, 0.25) is 0 Å². The Morgan fingerprint density at radius 2 is 2.29 bits per heavy atom. The molecule has 0 fully saturated rings. The lowest BCUT2D eigenvalue weighted by Gasteiger charge is -2.15. The number of rotatable bonds is 4. The van der Waals surface area contributed by atoms with Crippen molar-refractivity contribution in [3.8, 4) is 5.75 Å². The molecule has 0 saturated heterocycles. The van der Waals surface area contributed by atoms with Crippen molar-refractivity contribution < 1.29 is 4.74 Å². The van der Waals surface area contributed by atoms with Crippen LogP contribution in [-0.2, 0) is 0 Å². The van der Waals surface area contributed by atoms with Gasteiger partial charge in [-0.05, 0) is 36.0 Å². The Morgan fingerprint density at radius 3 is 3.06 bits per heavy atom. The maximum absolute atomic E-state index is 5.83. The zero-order valence-corrected chi connectivity index (χ0v) is 11.4. The Kier molecular flexibility index (Phi) is 3.91. The topological polar surface area (TPSA) is 47.0 Å². The normalized spacial score (nSPS) is 12.6. The second kappa shape index (κ2) is 5.42. The minimum Gasteiger partial charge on any atom is -0.487 e. The SMILES string of the molecule is CNCC(C)Oc1ccnc2cc(Br)cnc12. The summed E-state index contributed by atoms with van der Waals surface area (Å²) in [6.45, 7) is 2.81. The molecular formula is C12H14BrN3O. The molecule has 0 saturated carbocycles. The van der Waals surface area contributed by atoms with E-state index >= 15 is 0 Å². The lowest BCUT2D eigenvalue weighted by atomic mass is 10.3. The van der Waals surface area contributed by atoms with Gasteiger partial charge in [-0.15, -0.1) is 0 Å². The van der Waals surface area contributed by atoms with Crippen molar-refractivity contribution in [2.45, 2.75) is 13.0 Å². The van der Waals surface area contributed by atoms with Crippen molar-refractivity contribution in [3.63, 3.8) is 0 Å². The molecule has 2 aromatic rings. The minimum atomic E-state index is 0.0936. The molecule has 0 aliphatic rings. The van der Waals surface area contributed by atoms with E-state index in [0.717, 1.165) is 27.8 Å². The van der Waals surface area contributed by atoms with Crippen molar-refractivity contribution >= 4 is 27.0 Å². The van der Waals surface area contributed by atoms with Gasteiger partial charge >= 0.3 is 0 Å². The molecule has 0 bridgehead atoms. The van der Waals surface area contributed by atoms with E-state index in [4.69, 9.17) is 4.74 Å². The number of likely N-dealkylation sites (N-methyl/N-ethyl adjacent to an activating group) is 1. The van der Waals surface area contributed by atoms with E-state index in [-0.39, 0.29) is 6.10 Å². The summed E-state index contributed by atoms with van der Waals surface area (Å²) < 4.78 is 6.74. The number of nitrogens with one attached hydrogen (secondary N) is 1. The molecule has 5 heteroatoms. The second-order valence-corrected chi connectivity index (χ2v) is 4.73.